The van der Waals surface area contributed by atoms with Crippen molar-refractivity contribution in [1.82, 2.24) is 0 Å². The molecule has 1 aromatic carbocycles. The summed E-state index contributed by atoms with van der Waals surface area (Å²) in [4.78, 5) is 0. The number of nitrogens with one attached hydrogen (secondary N) is 1. The molecule has 2 bridgehead atoms. The molecule has 0 aromatic heterocycles. The molecule has 3 fully saturated rings. The molecular weight excluding hydrogens is 344 g/mol. The van der Waals surface area contributed by atoms with Crippen molar-refractivity contribution in [2.75, 3.05) is 7.11 Å². The van der Waals surface area contributed by atoms with Crippen LogP contribution in [-0.2, 0) is 9.47 Å². The minimum absolute atomic E-state index is 0.323. The van der Waals surface area contributed by atoms with E-state index in [4.69, 9.17) is 19.6 Å². The van der Waals surface area contributed by atoms with Gasteiger partial charge in [0.15, 0.2) is 5.41 Å². The Hall–Kier alpha value is -3.08. The van der Waals surface area contributed by atoms with Crippen LogP contribution in [0.1, 0.15) is 37.4 Å². The van der Waals surface area contributed by atoms with Crippen LogP contribution in [0.3, 0.4) is 0 Å². The second-order valence-corrected chi connectivity index (χ2v) is 7.26. The predicted molar refractivity (Wildman–Crippen MR) is 92.0 cm³/mol. The molecule has 7 heteroatoms. The molecule has 1 N–H and O–H groups in total. The van der Waals surface area contributed by atoms with Crippen molar-refractivity contribution in [3.8, 4) is 24.0 Å². The van der Waals surface area contributed by atoms with Gasteiger partial charge in [-0.05, 0) is 30.5 Å². The molecule has 2 heterocycles. The Morgan fingerprint density at radius 2 is 1.81 bits per heavy atom. The third-order valence-corrected chi connectivity index (χ3v) is 6.23. The SMILES string of the molecule is COc1ccc([C@@H]2O[C@@]34CCCC[C@@H]3[C@@](C#N)(C(=N)O4)C2(C#N)C#N)cc1. The number of nitrogens with zero attached hydrogens (tertiary/aromatic N) is 3. The second-order valence-electron chi connectivity index (χ2n) is 7.26. The number of hydrogen-bond acceptors (Lipinski definition) is 7. The van der Waals surface area contributed by atoms with Crippen LogP contribution in [0.2, 0.25) is 0 Å². The summed E-state index contributed by atoms with van der Waals surface area (Å²) in [6.45, 7) is 0. The number of nitriles is 3. The number of hydrogen-bond donors (Lipinski definition) is 1. The minimum Gasteiger partial charge on any atom is -0.497 e. The van der Waals surface area contributed by atoms with Crippen LogP contribution >= 0.6 is 0 Å². The Morgan fingerprint density at radius 3 is 2.41 bits per heavy atom. The molecular formula is C20H18N4O3. The molecule has 1 saturated carbocycles. The van der Waals surface area contributed by atoms with Crippen LogP contribution in [-0.4, -0.2) is 18.8 Å². The topological polar surface area (TPSA) is 123 Å². The quantitative estimate of drug-likeness (QED) is 0.861. The maximum atomic E-state index is 10.2. The van der Waals surface area contributed by atoms with Gasteiger partial charge in [-0.15, -0.1) is 0 Å². The van der Waals surface area contributed by atoms with E-state index >= 15 is 0 Å². The summed E-state index contributed by atoms with van der Waals surface area (Å²) < 4.78 is 17.3. The van der Waals surface area contributed by atoms with Gasteiger partial charge in [-0.2, -0.15) is 15.8 Å². The summed E-state index contributed by atoms with van der Waals surface area (Å²) in [5.74, 6) is -1.34. The molecule has 0 spiro atoms. The van der Waals surface area contributed by atoms with Gasteiger partial charge >= 0.3 is 0 Å². The van der Waals surface area contributed by atoms with Gasteiger partial charge in [0.2, 0.25) is 17.1 Å². The summed E-state index contributed by atoms with van der Waals surface area (Å²) in [7, 11) is 1.55. The Kier molecular flexibility index (Phi) is 3.67. The molecule has 3 aliphatic rings. The lowest BCUT2D eigenvalue weighted by Gasteiger charge is -2.51. The molecule has 0 unspecified atom stereocenters. The van der Waals surface area contributed by atoms with Gasteiger partial charge in [0.05, 0.1) is 31.2 Å². The van der Waals surface area contributed by atoms with E-state index in [0.717, 1.165) is 12.8 Å². The maximum absolute atomic E-state index is 10.2. The largest absolute Gasteiger partial charge is 0.497 e. The summed E-state index contributed by atoms with van der Waals surface area (Å²) in [6.07, 6.45) is 1.79. The van der Waals surface area contributed by atoms with Gasteiger partial charge in [0.1, 0.15) is 11.9 Å². The van der Waals surface area contributed by atoms with Crippen molar-refractivity contribution in [1.29, 1.82) is 21.2 Å². The average Bonchev–Trinajstić information content (AvgIpc) is 2.92. The van der Waals surface area contributed by atoms with Crippen molar-refractivity contribution in [2.24, 2.45) is 16.7 Å². The number of benzene rings is 1. The first kappa shape index (κ1) is 17.3. The first-order valence-electron chi connectivity index (χ1n) is 8.87. The fourth-order valence-corrected chi connectivity index (χ4v) is 4.94. The molecule has 2 saturated heterocycles. The highest BCUT2D eigenvalue weighted by Gasteiger charge is 2.80. The van der Waals surface area contributed by atoms with E-state index in [1.165, 1.54) is 0 Å². The maximum Gasteiger partial charge on any atom is 0.217 e. The predicted octanol–water partition coefficient (Wildman–Crippen LogP) is 3.20. The van der Waals surface area contributed by atoms with Crippen molar-refractivity contribution >= 4 is 5.90 Å². The second kappa shape index (κ2) is 5.71. The molecule has 4 rings (SSSR count). The van der Waals surface area contributed by atoms with Crippen LogP contribution in [0, 0.1) is 56.2 Å². The highest BCUT2D eigenvalue weighted by atomic mass is 16.7. The van der Waals surface area contributed by atoms with E-state index in [1.54, 1.807) is 31.4 Å². The lowest BCUT2D eigenvalue weighted by Crippen LogP contribution is -2.60. The van der Waals surface area contributed by atoms with Gasteiger partial charge in [0.25, 0.3) is 0 Å². The van der Waals surface area contributed by atoms with Crippen LogP contribution in [0.25, 0.3) is 0 Å². The van der Waals surface area contributed by atoms with E-state index < -0.39 is 28.6 Å². The van der Waals surface area contributed by atoms with Crippen molar-refractivity contribution in [3.05, 3.63) is 29.8 Å². The van der Waals surface area contributed by atoms with Gasteiger partial charge in [0, 0.05) is 6.42 Å². The van der Waals surface area contributed by atoms with Crippen LogP contribution in [0.4, 0.5) is 0 Å². The molecule has 1 aromatic rings. The Bertz CT molecular complexity index is 909. The normalized spacial score (nSPS) is 35.7. The molecule has 2 aliphatic heterocycles. The highest BCUT2D eigenvalue weighted by Crippen LogP contribution is 2.69. The van der Waals surface area contributed by atoms with Crippen LogP contribution < -0.4 is 4.74 Å². The van der Waals surface area contributed by atoms with Crippen molar-refractivity contribution in [3.63, 3.8) is 0 Å². The lowest BCUT2D eigenvalue weighted by molar-refractivity contribution is -0.294. The van der Waals surface area contributed by atoms with Crippen LogP contribution in [0.5, 0.6) is 5.75 Å². The van der Waals surface area contributed by atoms with E-state index in [-0.39, 0.29) is 5.90 Å². The third-order valence-electron chi connectivity index (χ3n) is 6.23. The monoisotopic (exact) mass is 362 g/mol. The number of ether oxygens (including phenoxy) is 3. The first-order chi connectivity index (χ1) is 13.0. The van der Waals surface area contributed by atoms with Crippen LogP contribution in [0.15, 0.2) is 24.3 Å². The van der Waals surface area contributed by atoms with Crippen molar-refractivity contribution in [2.45, 2.75) is 37.6 Å². The zero-order valence-electron chi connectivity index (χ0n) is 14.9. The van der Waals surface area contributed by atoms with Crippen molar-refractivity contribution < 1.29 is 14.2 Å². The fourth-order valence-electron chi connectivity index (χ4n) is 4.94. The third kappa shape index (κ3) is 1.89. The van der Waals surface area contributed by atoms with E-state index in [0.29, 0.717) is 24.2 Å². The molecule has 136 valence electrons. The molecule has 0 amide bonds. The number of rotatable bonds is 2. The van der Waals surface area contributed by atoms with E-state index in [9.17, 15) is 15.8 Å². The Labute approximate surface area is 157 Å². The van der Waals surface area contributed by atoms with E-state index in [2.05, 4.69) is 18.2 Å². The highest BCUT2D eigenvalue weighted by molar-refractivity contribution is 5.89. The molecule has 7 nitrogen and oxygen atoms in total. The Balaban J connectivity index is 1.95. The van der Waals surface area contributed by atoms with Gasteiger partial charge in [-0.25, -0.2) is 0 Å². The lowest BCUT2D eigenvalue weighted by atomic mass is 9.51. The minimum atomic E-state index is -1.88. The molecule has 27 heavy (non-hydrogen) atoms. The average molecular weight is 362 g/mol. The molecule has 0 radical (unpaired) electrons. The van der Waals surface area contributed by atoms with Gasteiger partial charge < -0.3 is 14.2 Å². The summed E-state index contributed by atoms with van der Waals surface area (Å²) >= 11 is 0. The van der Waals surface area contributed by atoms with Gasteiger partial charge in [-0.1, -0.05) is 18.6 Å². The smallest absolute Gasteiger partial charge is 0.217 e. The fraction of sp³-hybridized carbons (Fsp3) is 0.500. The summed E-state index contributed by atoms with van der Waals surface area (Å²) in [5, 5.41) is 38.8. The first-order valence-corrected chi connectivity index (χ1v) is 8.87. The zero-order chi connectivity index (χ0) is 19.3. The standard InChI is InChI=1S/C20H18N4O3/c1-25-14-7-5-13(6-8-14)16-18(10-21,11-22)19(12-23)15-4-2-3-9-20(15,26-16)27-17(19)24/h5-8,15-16,24H,2-4,9H2,1H3/t15-,16+,19+,20-/m1/s1. The Morgan fingerprint density at radius 1 is 1.11 bits per heavy atom. The number of methoxy groups -OCH3 is 1. The van der Waals surface area contributed by atoms with Gasteiger partial charge in [-0.3, -0.25) is 5.41 Å². The summed E-state index contributed by atoms with van der Waals surface area (Å²) in [5.41, 5.74) is -2.95. The molecule has 4 atom stereocenters. The molecule has 1 aliphatic carbocycles. The van der Waals surface area contributed by atoms with E-state index in [1.807, 2.05) is 0 Å². The summed E-state index contributed by atoms with van der Waals surface area (Å²) in [6, 6.07) is 13.2. The zero-order valence-corrected chi connectivity index (χ0v) is 14.9.